The lowest BCUT2D eigenvalue weighted by atomic mass is 9.83. The summed E-state index contributed by atoms with van der Waals surface area (Å²) >= 11 is 0. The second kappa shape index (κ2) is 12.5. The maximum absolute atomic E-state index is 12.9. The molecule has 0 bridgehead atoms. The number of carbonyl (C=O) groups excluding carboxylic acids is 4. The zero-order valence-corrected chi connectivity index (χ0v) is 17.6. The number of benzene rings is 1. The molecule has 174 valence electrons. The molecule has 0 aromatic heterocycles. The number of nitrogens with one attached hydrogen (secondary N) is 2. The highest BCUT2D eigenvalue weighted by Crippen LogP contribution is 2.27. The summed E-state index contributed by atoms with van der Waals surface area (Å²) in [5.74, 6) is -5.29. The topological polar surface area (TPSA) is 139 Å². The number of alkyl carbamates (subject to hydrolysis) is 1. The zero-order chi connectivity index (χ0) is 23.5. The number of carboxylic acids is 1. The van der Waals surface area contributed by atoms with Crippen LogP contribution in [0.15, 0.2) is 30.3 Å². The zero-order valence-electron chi connectivity index (χ0n) is 17.6. The van der Waals surface area contributed by atoms with Gasteiger partial charge in [-0.05, 0) is 24.3 Å². The van der Waals surface area contributed by atoms with Crippen LogP contribution in [0.5, 0.6) is 0 Å². The molecule has 1 saturated carbocycles. The van der Waals surface area contributed by atoms with Gasteiger partial charge in [-0.3, -0.25) is 19.2 Å². The summed E-state index contributed by atoms with van der Waals surface area (Å²) in [4.78, 5) is 59.8. The third kappa shape index (κ3) is 7.75. The highest BCUT2D eigenvalue weighted by atomic mass is 19.1. The van der Waals surface area contributed by atoms with Crippen LogP contribution in [0, 0.1) is 5.92 Å². The molecule has 2 unspecified atom stereocenters. The molecule has 1 aromatic carbocycles. The van der Waals surface area contributed by atoms with E-state index in [0.29, 0.717) is 12.8 Å². The van der Waals surface area contributed by atoms with E-state index in [1.54, 1.807) is 24.3 Å². The summed E-state index contributed by atoms with van der Waals surface area (Å²) < 4.78 is 17.8. The number of hydrogen-bond acceptors (Lipinski definition) is 6. The van der Waals surface area contributed by atoms with Crippen LogP contribution >= 0.6 is 0 Å². The number of hydrogen-bond donors (Lipinski definition) is 3. The third-order valence-corrected chi connectivity index (χ3v) is 5.30. The van der Waals surface area contributed by atoms with Gasteiger partial charge in [0.05, 0.1) is 6.42 Å². The van der Waals surface area contributed by atoms with E-state index in [-0.39, 0.29) is 12.5 Å². The molecule has 1 aliphatic carbocycles. The molecule has 3 N–H and O–H groups in total. The Balaban J connectivity index is 2.10. The van der Waals surface area contributed by atoms with Crippen molar-refractivity contribution in [1.29, 1.82) is 0 Å². The van der Waals surface area contributed by atoms with Crippen LogP contribution < -0.4 is 10.6 Å². The number of alkyl halides is 1. The maximum Gasteiger partial charge on any atom is 0.408 e. The lowest BCUT2D eigenvalue weighted by Crippen LogP contribution is -2.56. The number of rotatable bonds is 11. The maximum atomic E-state index is 12.9. The second-order valence-corrected chi connectivity index (χ2v) is 7.66. The summed E-state index contributed by atoms with van der Waals surface area (Å²) in [7, 11) is 0. The Morgan fingerprint density at radius 3 is 2.28 bits per heavy atom. The van der Waals surface area contributed by atoms with Gasteiger partial charge in [-0.15, -0.1) is 0 Å². The summed E-state index contributed by atoms with van der Waals surface area (Å²) in [6, 6.07) is 6.10. The standard InChI is InChI=1S/C22H27FN2O7/c23-12-17(26)20(29)16(11-18(27)28)24-21(30)19(15-9-5-2-6-10-15)25-22(31)32-13-14-7-3-1-4-8-14/h1,3-4,7-8,15-16,19H,2,5-6,9-13H2,(H,24,30)(H,25,31)(H,27,28). The van der Waals surface area contributed by atoms with Crippen molar-refractivity contribution in [1.82, 2.24) is 10.6 Å². The molecular formula is C22H27FN2O7. The molecule has 2 amide bonds. The lowest BCUT2D eigenvalue weighted by molar-refractivity contribution is -0.143. The lowest BCUT2D eigenvalue weighted by Gasteiger charge is -2.30. The fourth-order valence-electron chi connectivity index (χ4n) is 3.66. The molecule has 1 fully saturated rings. The van der Waals surface area contributed by atoms with Gasteiger partial charge >= 0.3 is 12.1 Å². The van der Waals surface area contributed by atoms with Crippen LogP contribution in [-0.4, -0.2) is 53.4 Å². The van der Waals surface area contributed by atoms with Crippen LogP contribution in [0.25, 0.3) is 0 Å². The Labute approximate surface area is 184 Å². The number of ether oxygens (including phenoxy) is 1. The minimum atomic E-state index is -1.73. The molecular weight excluding hydrogens is 423 g/mol. The van der Waals surface area contributed by atoms with Crippen molar-refractivity contribution in [2.45, 2.75) is 57.2 Å². The van der Waals surface area contributed by atoms with Crippen molar-refractivity contribution in [3.8, 4) is 0 Å². The number of carbonyl (C=O) groups is 5. The normalized spacial score (nSPS) is 15.8. The monoisotopic (exact) mass is 450 g/mol. The van der Waals surface area contributed by atoms with Crippen molar-refractivity contribution in [2.75, 3.05) is 6.67 Å². The van der Waals surface area contributed by atoms with Gasteiger partial charge in [0.25, 0.3) is 0 Å². The van der Waals surface area contributed by atoms with Crippen molar-refractivity contribution >= 4 is 29.5 Å². The second-order valence-electron chi connectivity index (χ2n) is 7.66. The Kier molecular flexibility index (Phi) is 9.77. The summed E-state index contributed by atoms with van der Waals surface area (Å²) in [5, 5.41) is 13.7. The number of amides is 2. The van der Waals surface area contributed by atoms with Gasteiger partial charge in [-0.25, -0.2) is 9.18 Å². The molecule has 0 radical (unpaired) electrons. The van der Waals surface area contributed by atoms with Gasteiger partial charge < -0.3 is 20.5 Å². The average molecular weight is 450 g/mol. The Hall–Kier alpha value is -3.30. The molecule has 2 rings (SSSR count). The molecule has 1 aromatic rings. The van der Waals surface area contributed by atoms with Crippen molar-refractivity contribution in [3.63, 3.8) is 0 Å². The molecule has 1 aliphatic rings. The van der Waals surface area contributed by atoms with Crippen LogP contribution in [0.1, 0.15) is 44.1 Å². The average Bonchev–Trinajstić information content (AvgIpc) is 2.80. The first-order chi connectivity index (χ1) is 15.3. The number of carboxylic acid groups (broad SMARTS) is 1. The van der Waals surface area contributed by atoms with Crippen molar-refractivity contribution in [2.24, 2.45) is 5.92 Å². The molecule has 0 heterocycles. The SMILES string of the molecule is O=C(O)CC(NC(=O)C(NC(=O)OCc1ccccc1)C1CCCCC1)C(=O)C(=O)CF. The van der Waals surface area contributed by atoms with Gasteiger partial charge in [0.1, 0.15) is 18.7 Å². The van der Waals surface area contributed by atoms with E-state index in [9.17, 15) is 28.4 Å². The molecule has 10 heteroatoms. The minimum Gasteiger partial charge on any atom is -0.481 e. The van der Waals surface area contributed by atoms with E-state index >= 15 is 0 Å². The molecule has 0 spiro atoms. The smallest absolute Gasteiger partial charge is 0.408 e. The highest BCUT2D eigenvalue weighted by molar-refractivity contribution is 6.40. The minimum absolute atomic E-state index is 0.0171. The van der Waals surface area contributed by atoms with Crippen LogP contribution in [0.3, 0.4) is 0 Å². The Bertz CT molecular complexity index is 825. The van der Waals surface area contributed by atoms with Gasteiger partial charge in [-0.2, -0.15) is 0 Å². The number of Topliss-reactive ketones (excluding diaryl/α,β-unsaturated/α-hetero) is 2. The van der Waals surface area contributed by atoms with Crippen LogP contribution in [0.4, 0.5) is 9.18 Å². The van der Waals surface area contributed by atoms with Gasteiger partial charge in [0.15, 0.2) is 6.67 Å². The van der Waals surface area contributed by atoms with Gasteiger partial charge in [-0.1, -0.05) is 49.6 Å². The first kappa shape index (κ1) is 25.0. The summed E-state index contributed by atoms with van der Waals surface area (Å²) in [6.45, 7) is -1.61. The van der Waals surface area contributed by atoms with Crippen molar-refractivity contribution < 1.29 is 38.2 Å². The Morgan fingerprint density at radius 2 is 1.69 bits per heavy atom. The van der Waals surface area contributed by atoms with E-state index in [1.807, 2.05) is 6.07 Å². The van der Waals surface area contributed by atoms with E-state index < -0.39 is 54.7 Å². The van der Waals surface area contributed by atoms with Gasteiger partial charge in [0.2, 0.25) is 17.5 Å². The van der Waals surface area contributed by atoms with E-state index in [0.717, 1.165) is 24.8 Å². The van der Waals surface area contributed by atoms with Crippen LogP contribution in [0.2, 0.25) is 0 Å². The fraction of sp³-hybridized carbons (Fsp3) is 0.500. The molecule has 0 saturated heterocycles. The van der Waals surface area contributed by atoms with E-state index in [1.165, 1.54) is 0 Å². The Morgan fingerprint density at radius 1 is 1.03 bits per heavy atom. The number of ketones is 2. The summed E-state index contributed by atoms with van der Waals surface area (Å²) in [6.07, 6.45) is 2.21. The molecule has 32 heavy (non-hydrogen) atoms. The quantitative estimate of drug-likeness (QED) is 0.438. The van der Waals surface area contributed by atoms with Crippen molar-refractivity contribution in [3.05, 3.63) is 35.9 Å². The predicted octanol–water partition coefficient (Wildman–Crippen LogP) is 1.93. The number of aliphatic carboxylic acids is 1. The van der Waals surface area contributed by atoms with Crippen LogP contribution in [-0.2, 0) is 30.5 Å². The molecule has 0 aliphatic heterocycles. The van der Waals surface area contributed by atoms with Gasteiger partial charge in [0, 0.05) is 0 Å². The predicted molar refractivity (Wildman–Crippen MR) is 110 cm³/mol. The molecule has 2 atom stereocenters. The highest BCUT2D eigenvalue weighted by Gasteiger charge is 2.35. The van der Waals surface area contributed by atoms with E-state index in [4.69, 9.17) is 9.84 Å². The first-order valence-corrected chi connectivity index (χ1v) is 10.4. The first-order valence-electron chi connectivity index (χ1n) is 10.4. The molecule has 9 nitrogen and oxygen atoms in total. The largest absolute Gasteiger partial charge is 0.481 e. The number of halogens is 1. The summed E-state index contributed by atoms with van der Waals surface area (Å²) in [5.41, 5.74) is 0.748. The third-order valence-electron chi connectivity index (χ3n) is 5.30. The fourth-order valence-corrected chi connectivity index (χ4v) is 3.66. The van der Waals surface area contributed by atoms with E-state index in [2.05, 4.69) is 10.6 Å².